The summed E-state index contributed by atoms with van der Waals surface area (Å²) in [5.41, 5.74) is 0.824. The monoisotopic (exact) mass is 418 g/mol. The molecule has 21 heavy (non-hydrogen) atoms. The first-order valence-electron chi connectivity index (χ1n) is 6.24. The lowest BCUT2D eigenvalue weighted by atomic mass is 10.3. The fourth-order valence-electron chi connectivity index (χ4n) is 1.58. The van der Waals surface area contributed by atoms with Crippen molar-refractivity contribution in [3.05, 3.63) is 34.2 Å². The number of para-hydroxylation sites is 1. The molecule has 2 rings (SSSR count). The molecule has 0 aliphatic heterocycles. The van der Waals surface area contributed by atoms with Crippen molar-refractivity contribution in [1.29, 1.82) is 0 Å². The molecule has 0 bridgehead atoms. The lowest BCUT2D eigenvalue weighted by Gasteiger charge is -2.07. The molecule has 1 aromatic carbocycles. The minimum absolute atomic E-state index is 0.0644. The van der Waals surface area contributed by atoms with E-state index in [2.05, 4.69) is 38.1 Å². The van der Waals surface area contributed by atoms with Gasteiger partial charge in [0.1, 0.15) is 6.33 Å². The van der Waals surface area contributed by atoms with Crippen LogP contribution in [-0.4, -0.2) is 40.1 Å². The van der Waals surface area contributed by atoms with Crippen molar-refractivity contribution >= 4 is 45.9 Å². The maximum atomic E-state index is 12.0. The van der Waals surface area contributed by atoms with E-state index in [0.717, 1.165) is 9.26 Å². The third-order valence-corrected chi connectivity index (χ3v) is 4.52. The fraction of sp³-hybridized carbons (Fsp3) is 0.308. The second-order valence-corrected chi connectivity index (χ2v) is 6.22. The number of hydrogen-bond acceptors (Lipinski definition) is 5. The summed E-state index contributed by atoms with van der Waals surface area (Å²) in [4.78, 5) is 12.0. The number of halogens is 1. The Morgan fingerprint density at radius 1 is 1.48 bits per heavy atom. The van der Waals surface area contributed by atoms with E-state index in [0.29, 0.717) is 18.3 Å². The second-order valence-electron chi connectivity index (χ2n) is 4.12. The van der Waals surface area contributed by atoms with Crippen LogP contribution in [0.25, 0.3) is 0 Å². The van der Waals surface area contributed by atoms with Gasteiger partial charge >= 0.3 is 0 Å². The lowest BCUT2D eigenvalue weighted by Crippen LogP contribution is -2.15. The van der Waals surface area contributed by atoms with Gasteiger partial charge in [-0.1, -0.05) is 23.9 Å². The molecule has 1 amide bonds. The predicted molar refractivity (Wildman–Crippen MR) is 90.4 cm³/mol. The van der Waals surface area contributed by atoms with Gasteiger partial charge in [-0.2, -0.15) is 0 Å². The van der Waals surface area contributed by atoms with Gasteiger partial charge in [-0.25, -0.2) is 0 Å². The van der Waals surface area contributed by atoms with E-state index in [1.54, 1.807) is 13.4 Å². The molecular formula is C13H15IN4O2S. The Bertz CT molecular complexity index is 605. The lowest BCUT2D eigenvalue weighted by molar-refractivity contribution is -0.113. The highest BCUT2D eigenvalue weighted by molar-refractivity contribution is 14.1. The van der Waals surface area contributed by atoms with E-state index in [1.165, 1.54) is 11.8 Å². The highest BCUT2D eigenvalue weighted by Gasteiger charge is 2.09. The molecule has 0 fully saturated rings. The van der Waals surface area contributed by atoms with Crippen LogP contribution in [0.15, 0.2) is 35.7 Å². The van der Waals surface area contributed by atoms with Crippen LogP contribution in [0.1, 0.15) is 0 Å². The maximum Gasteiger partial charge on any atom is 0.234 e. The van der Waals surface area contributed by atoms with Crippen LogP contribution in [0.2, 0.25) is 0 Å². The molecule has 0 aliphatic carbocycles. The van der Waals surface area contributed by atoms with Gasteiger partial charge in [-0.3, -0.25) is 4.79 Å². The highest BCUT2D eigenvalue weighted by atomic mass is 127. The van der Waals surface area contributed by atoms with Gasteiger partial charge in [-0.15, -0.1) is 10.2 Å². The maximum absolute atomic E-state index is 12.0. The molecule has 1 N–H and O–H groups in total. The topological polar surface area (TPSA) is 69.0 Å². The van der Waals surface area contributed by atoms with Gasteiger partial charge in [0.2, 0.25) is 5.91 Å². The van der Waals surface area contributed by atoms with Gasteiger partial charge in [0, 0.05) is 17.2 Å². The zero-order valence-electron chi connectivity index (χ0n) is 11.5. The third kappa shape index (κ3) is 4.97. The number of ether oxygens (including phenoxy) is 1. The van der Waals surface area contributed by atoms with E-state index in [4.69, 9.17) is 4.74 Å². The van der Waals surface area contributed by atoms with Gasteiger partial charge in [0.25, 0.3) is 0 Å². The standard InChI is InChI=1S/C13H15IN4O2S/c1-20-7-6-18-9-15-17-13(18)21-8-12(19)16-11-5-3-2-4-10(11)14/h2-5,9H,6-8H2,1H3,(H,16,19). The van der Waals surface area contributed by atoms with Gasteiger partial charge in [0.15, 0.2) is 5.16 Å². The number of nitrogens with zero attached hydrogens (tertiary/aromatic N) is 3. The summed E-state index contributed by atoms with van der Waals surface area (Å²) < 4.78 is 7.90. The first-order valence-corrected chi connectivity index (χ1v) is 8.31. The summed E-state index contributed by atoms with van der Waals surface area (Å²) in [7, 11) is 1.64. The summed E-state index contributed by atoms with van der Waals surface area (Å²) in [5, 5.41) is 11.5. The average Bonchev–Trinajstić information content (AvgIpc) is 2.93. The summed E-state index contributed by atoms with van der Waals surface area (Å²) >= 11 is 3.55. The molecule has 8 heteroatoms. The molecule has 0 saturated heterocycles. The second kappa shape index (κ2) is 8.35. The molecule has 0 atom stereocenters. The van der Waals surface area contributed by atoms with Crippen LogP contribution in [0.4, 0.5) is 5.69 Å². The predicted octanol–water partition coefficient (Wildman–Crippen LogP) is 2.26. The van der Waals surface area contributed by atoms with Crippen LogP contribution >= 0.6 is 34.4 Å². The number of aromatic nitrogens is 3. The Labute approximate surface area is 140 Å². The number of anilines is 1. The van der Waals surface area contributed by atoms with Crippen LogP contribution < -0.4 is 5.32 Å². The van der Waals surface area contributed by atoms with Crippen molar-refractivity contribution in [2.24, 2.45) is 0 Å². The Hall–Kier alpha value is -1.13. The molecule has 1 heterocycles. The van der Waals surface area contributed by atoms with Gasteiger partial charge < -0.3 is 14.6 Å². The fourth-order valence-corrected chi connectivity index (χ4v) is 2.84. The Morgan fingerprint density at radius 3 is 3.05 bits per heavy atom. The molecule has 0 radical (unpaired) electrons. The molecule has 0 unspecified atom stereocenters. The quantitative estimate of drug-likeness (QED) is 0.552. The largest absolute Gasteiger partial charge is 0.383 e. The number of rotatable bonds is 7. The van der Waals surface area contributed by atoms with E-state index in [-0.39, 0.29) is 11.7 Å². The minimum Gasteiger partial charge on any atom is -0.383 e. The van der Waals surface area contributed by atoms with Crippen molar-refractivity contribution in [1.82, 2.24) is 14.8 Å². The Morgan fingerprint density at radius 2 is 2.29 bits per heavy atom. The Kier molecular flexibility index (Phi) is 6.46. The number of carbonyl (C=O) groups is 1. The molecule has 0 aliphatic rings. The van der Waals surface area contributed by atoms with Crippen molar-refractivity contribution < 1.29 is 9.53 Å². The molecular weight excluding hydrogens is 403 g/mol. The minimum atomic E-state index is -0.0644. The van der Waals surface area contributed by atoms with E-state index >= 15 is 0 Å². The first-order chi connectivity index (χ1) is 10.2. The van der Waals surface area contributed by atoms with Crippen molar-refractivity contribution in [2.75, 3.05) is 24.8 Å². The first kappa shape index (κ1) is 16.2. The van der Waals surface area contributed by atoms with Crippen LogP contribution in [0, 0.1) is 3.57 Å². The van der Waals surface area contributed by atoms with Crippen molar-refractivity contribution in [3.8, 4) is 0 Å². The smallest absolute Gasteiger partial charge is 0.234 e. The van der Waals surface area contributed by atoms with Crippen LogP contribution in [0.3, 0.4) is 0 Å². The summed E-state index contributed by atoms with van der Waals surface area (Å²) in [6.45, 7) is 1.25. The SMILES string of the molecule is COCCn1cnnc1SCC(=O)Nc1ccccc1I. The van der Waals surface area contributed by atoms with E-state index in [9.17, 15) is 4.79 Å². The molecule has 112 valence electrons. The normalized spacial score (nSPS) is 10.6. The van der Waals surface area contributed by atoms with Crippen LogP contribution in [-0.2, 0) is 16.1 Å². The number of benzene rings is 1. The van der Waals surface area contributed by atoms with E-state index < -0.39 is 0 Å². The third-order valence-electron chi connectivity index (χ3n) is 2.60. The zero-order valence-corrected chi connectivity index (χ0v) is 14.4. The van der Waals surface area contributed by atoms with Crippen molar-refractivity contribution in [2.45, 2.75) is 11.7 Å². The van der Waals surface area contributed by atoms with Gasteiger partial charge in [0.05, 0.1) is 18.0 Å². The Balaban J connectivity index is 1.87. The highest BCUT2D eigenvalue weighted by Crippen LogP contribution is 2.19. The molecule has 0 spiro atoms. The number of nitrogens with one attached hydrogen (secondary N) is 1. The number of methoxy groups -OCH3 is 1. The molecule has 1 aromatic heterocycles. The number of amides is 1. The molecule has 6 nitrogen and oxygen atoms in total. The van der Waals surface area contributed by atoms with Crippen molar-refractivity contribution in [3.63, 3.8) is 0 Å². The number of carbonyl (C=O) groups excluding carboxylic acids is 1. The molecule has 2 aromatic rings. The summed E-state index contributed by atoms with van der Waals surface area (Å²) in [6.07, 6.45) is 1.64. The van der Waals surface area contributed by atoms with E-state index in [1.807, 2.05) is 28.8 Å². The van der Waals surface area contributed by atoms with Gasteiger partial charge in [-0.05, 0) is 34.7 Å². The summed E-state index contributed by atoms with van der Waals surface area (Å²) in [5.74, 6) is 0.224. The zero-order chi connectivity index (χ0) is 15.1. The summed E-state index contributed by atoms with van der Waals surface area (Å²) in [6, 6.07) is 7.66. The number of hydrogen-bond donors (Lipinski definition) is 1. The number of thioether (sulfide) groups is 1. The van der Waals surface area contributed by atoms with Crippen LogP contribution in [0.5, 0.6) is 0 Å². The average molecular weight is 418 g/mol. The molecule has 0 saturated carbocycles.